The topological polar surface area (TPSA) is 18.5 Å². The first-order valence-corrected chi connectivity index (χ1v) is 10.8. The lowest BCUT2D eigenvalue weighted by Gasteiger charge is -2.23. The molecule has 0 N–H and O–H groups in total. The Kier molecular flexibility index (Phi) is 14.0. The largest absolute Gasteiger partial charge is 1.00 e. The molecule has 0 saturated carbocycles. The number of nitrogens with zero attached hydrogens (tertiary/aromatic N) is 2. The maximum Gasteiger partial charge on any atom is 0.137 e. The Morgan fingerprint density at radius 1 is 0.656 bits per heavy atom. The summed E-state index contributed by atoms with van der Waals surface area (Å²) in [6, 6.07) is 16.9. The molecule has 4 nitrogen and oxygen atoms in total. The zero-order valence-corrected chi connectivity index (χ0v) is 25.0. The van der Waals surface area contributed by atoms with Crippen molar-refractivity contribution in [1.82, 2.24) is 0 Å². The van der Waals surface area contributed by atoms with Crippen molar-refractivity contribution in [3.05, 3.63) is 65.7 Å². The second-order valence-corrected chi connectivity index (χ2v) is 9.80. The summed E-state index contributed by atoms with van der Waals surface area (Å²) in [7, 11) is 13.1. The molecule has 0 aliphatic carbocycles. The lowest BCUT2D eigenvalue weighted by molar-refractivity contribution is -0.870. The van der Waals surface area contributed by atoms with E-state index in [1.807, 2.05) is 0 Å². The van der Waals surface area contributed by atoms with Gasteiger partial charge in [-0.05, 0) is 47.4 Å². The fraction of sp³-hybridized carbons (Fsp3) is 0.462. The van der Waals surface area contributed by atoms with E-state index in [0.29, 0.717) is 0 Å². The summed E-state index contributed by atoms with van der Waals surface area (Å²) in [5.41, 5.74) is 3.65. The molecule has 2 aromatic carbocycles. The van der Waals surface area contributed by atoms with Gasteiger partial charge in [-0.15, -0.1) is 0 Å². The summed E-state index contributed by atoms with van der Waals surface area (Å²) in [6.07, 6.45) is 3.26. The molecule has 0 atom stereocenters. The molecular formula is C26H40I2N2O2. The highest BCUT2D eigenvalue weighted by atomic mass is 127. The van der Waals surface area contributed by atoms with Crippen molar-refractivity contribution in [3.63, 3.8) is 0 Å². The number of ether oxygens (including phenoxy) is 2. The van der Waals surface area contributed by atoms with Crippen molar-refractivity contribution in [3.8, 4) is 11.5 Å². The molecule has 0 amide bonds. The minimum atomic E-state index is 0. The van der Waals surface area contributed by atoms with Crippen LogP contribution >= 0.6 is 0 Å². The maximum atomic E-state index is 5.91. The van der Waals surface area contributed by atoms with Crippen LogP contribution in [0.4, 0.5) is 0 Å². The van der Waals surface area contributed by atoms with Crippen LogP contribution in [0.25, 0.3) is 5.57 Å². The van der Waals surface area contributed by atoms with Gasteiger partial charge in [-0.3, -0.25) is 0 Å². The fourth-order valence-electron chi connectivity index (χ4n) is 2.94. The van der Waals surface area contributed by atoms with E-state index in [0.717, 1.165) is 53.2 Å². The SMILES string of the molecule is CCC=C(c1ccc(OCC[N+](C)(C)C)cc1)c1ccc(OCC[N+](C)(C)C)cc1.[I-].[I-]. The van der Waals surface area contributed by atoms with Crippen LogP contribution in [0.3, 0.4) is 0 Å². The van der Waals surface area contributed by atoms with Crippen molar-refractivity contribution in [2.75, 3.05) is 68.6 Å². The van der Waals surface area contributed by atoms with Crippen LogP contribution in [0.2, 0.25) is 0 Å². The Labute approximate surface area is 229 Å². The number of hydrogen-bond acceptors (Lipinski definition) is 2. The number of rotatable bonds is 11. The number of benzene rings is 2. The smallest absolute Gasteiger partial charge is 0.137 e. The predicted molar refractivity (Wildman–Crippen MR) is 127 cm³/mol. The highest BCUT2D eigenvalue weighted by Gasteiger charge is 2.09. The molecule has 0 unspecified atom stereocenters. The van der Waals surface area contributed by atoms with Gasteiger partial charge in [0, 0.05) is 0 Å². The van der Waals surface area contributed by atoms with Crippen molar-refractivity contribution in [2.24, 2.45) is 0 Å². The highest BCUT2D eigenvalue weighted by Crippen LogP contribution is 2.27. The molecule has 0 aromatic heterocycles. The third-order valence-electron chi connectivity index (χ3n) is 4.80. The molecule has 180 valence electrons. The van der Waals surface area contributed by atoms with Gasteiger partial charge in [0.1, 0.15) is 37.8 Å². The highest BCUT2D eigenvalue weighted by molar-refractivity contribution is 5.80. The fourth-order valence-corrected chi connectivity index (χ4v) is 2.94. The average molecular weight is 666 g/mol. The van der Waals surface area contributed by atoms with Gasteiger partial charge in [-0.2, -0.15) is 0 Å². The molecule has 0 fully saturated rings. The van der Waals surface area contributed by atoms with Crippen LogP contribution in [0.5, 0.6) is 11.5 Å². The first kappa shape index (κ1) is 31.2. The van der Waals surface area contributed by atoms with E-state index < -0.39 is 0 Å². The summed E-state index contributed by atoms with van der Waals surface area (Å²) in [5, 5.41) is 0. The van der Waals surface area contributed by atoms with Crippen molar-refractivity contribution in [2.45, 2.75) is 13.3 Å². The lowest BCUT2D eigenvalue weighted by atomic mass is 9.97. The van der Waals surface area contributed by atoms with E-state index in [2.05, 4.69) is 104 Å². The zero-order chi connectivity index (χ0) is 22.2. The molecule has 32 heavy (non-hydrogen) atoms. The number of halogens is 2. The molecule has 0 bridgehead atoms. The second kappa shape index (κ2) is 14.4. The first-order chi connectivity index (χ1) is 14.1. The lowest BCUT2D eigenvalue weighted by Crippen LogP contribution is -3.00. The molecule has 0 spiro atoms. The average Bonchev–Trinajstić information content (AvgIpc) is 2.66. The number of quaternary nitrogens is 2. The monoisotopic (exact) mass is 666 g/mol. The molecule has 2 rings (SSSR count). The van der Waals surface area contributed by atoms with Crippen LogP contribution in [0.1, 0.15) is 24.5 Å². The first-order valence-electron chi connectivity index (χ1n) is 10.8. The van der Waals surface area contributed by atoms with Crippen molar-refractivity contribution in [1.29, 1.82) is 0 Å². The van der Waals surface area contributed by atoms with Crippen molar-refractivity contribution < 1.29 is 66.4 Å². The van der Waals surface area contributed by atoms with Crippen LogP contribution in [-0.2, 0) is 0 Å². The summed E-state index contributed by atoms with van der Waals surface area (Å²) in [5.74, 6) is 1.84. The third-order valence-corrected chi connectivity index (χ3v) is 4.80. The van der Waals surface area contributed by atoms with Gasteiger partial charge in [0.05, 0.1) is 42.3 Å². The zero-order valence-electron chi connectivity index (χ0n) is 20.7. The Morgan fingerprint density at radius 3 is 1.28 bits per heavy atom. The number of allylic oxidation sites excluding steroid dienone is 1. The molecule has 0 heterocycles. The van der Waals surface area contributed by atoms with Crippen molar-refractivity contribution >= 4 is 5.57 Å². The van der Waals surface area contributed by atoms with E-state index in [1.54, 1.807) is 0 Å². The van der Waals surface area contributed by atoms with E-state index in [-0.39, 0.29) is 48.0 Å². The standard InChI is InChI=1S/C26H40N2O2.2HI/c1-8-9-26(22-10-14-24(15-11-22)29-20-18-27(2,3)4)23-12-16-25(17-13-23)30-21-19-28(5,6)7;;/h9-17H,8,18-21H2,1-7H3;2*1H/q+2;;/p-2. The quantitative estimate of drug-likeness (QED) is 0.220. The van der Waals surface area contributed by atoms with Gasteiger partial charge in [-0.1, -0.05) is 37.3 Å². The Bertz CT molecular complexity index is 740. The molecule has 2 aromatic rings. The molecule has 0 aliphatic rings. The van der Waals surface area contributed by atoms with Gasteiger partial charge in [0.2, 0.25) is 0 Å². The van der Waals surface area contributed by atoms with E-state index in [1.165, 1.54) is 16.7 Å². The normalized spacial score (nSPS) is 11.1. The van der Waals surface area contributed by atoms with Gasteiger partial charge in [0.15, 0.2) is 0 Å². The van der Waals surface area contributed by atoms with Gasteiger partial charge in [-0.25, -0.2) is 0 Å². The minimum Gasteiger partial charge on any atom is -1.00 e. The Balaban J connectivity index is 0.00000480. The van der Waals surface area contributed by atoms with Gasteiger partial charge >= 0.3 is 0 Å². The summed E-state index contributed by atoms with van der Waals surface area (Å²) >= 11 is 0. The van der Waals surface area contributed by atoms with Crippen LogP contribution in [0.15, 0.2) is 54.6 Å². The Hall–Kier alpha value is -0.840. The number of likely N-dealkylation sites (N-methyl/N-ethyl adjacent to an activating group) is 2. The van der Waals surface area contributed by atoms with Gasteiger partial charge < -0.3 is 66.4 Å². The van der Waals surface area contributed by atoms with E-state index in [9.17, 15) is 0 Å². The van der Waals surface area contributed by atoms with E-state index in [4.69, 9.17) is 9.47 Å². The Morgan fingerprint density at radius 2 is 1.00 bits per heavy atom. The van der Waals surface area contributed by atoms with Gasteiger partial charge in [0.25, 0.3) is 0 Å². The maximum absolute atomic E-state index is 5.91. The predicted octanol–water partition coefficient (Wildman–Crippen LogP) is -1.29. The van der Waals surface area contributed by atoms with E-state index >= 15 is 0 Å². The molecule has 6 heteroatoms. The summed E-state index contributed by atoms with van der Waals surface area (Å²) in [6.45, 7) is 5.56. The molecule has 0 saturated heterocycles. The number of hydrogen-bond donors (Lipinski definition) is 0. The summed E-state index contributed by atoms with van der Waals surface area (Å²) in [4.78, 5) is 0. The van der Waals surface area contributed by atoms with Crippen LogP contribution in [0, 0.1) is 0 Å². The molecular weight excluding hydrogens is 626 g/mol. The molecule has 0 radical (unpaired) electrons. The third kappa shape index (κ3) is 11.9. The van der Waals surface area contributed by atoms with Crippen LogP contribution in [-0.4, -0.2) is 77.6 Å². The minimum absolute atomic E-state index is 0. The molecule has 0 aliphatic heterocycles. The van der Waals surface area contributed by atoms with Crippen LogP contribution < -0.4 is 57.4 Å². The second-order valence-electron chi connectivity index (χ2n) is 9.80. The summed E-state index contributed by atoms with van der Waals surface area (Å²) < 4.78 is 13.6.